The van der Waals surface area contributed by atoms with Crippen molar-refractivity contribution < 1.29 is 19.1 Å². The molecule has 1 saturated carbocycles. The number of hydrogen-bond donors (Lipinski definition) is 0. The number of carbonyl (C=O) groups is 2. The molecular formula is C34H40N2O4. The first-order valence-corrected chi connectivity index (χ1v) is 14.3. The highest BCUT2D eigenvalue weighted by Gasteiger charge is 2.38. The fourth-order valence-electron chi connectivity index (χ4n) is 6.21. The summed E-state index contributed by atoms with van der Waals surface area (Å²) in [5, 5.41) is 1.03. The maximum absolute atomic E-state index is 13.1. The Labute approximate surface area is 237 Å². The SMILES string of the molecule is CC#Cc1cc(C)c2c(ccn2C(=O)OC(C)(C)C)c1CN1CC[C@@H](C2CC2)C[C@H]1c1ccc(C(=O)OC)cc1. The van der Waals surface area contributed by atoms with Crippen LogP contribution in [-0.2, 0) is 16.0 Å². The second-order valence-electron chi connectivity index (χ2n) is 12.2. The van der Waals surface area contributed by atoms with Gasteiger partial charge in [-0.15, -0.1) is 5.92 Å². The van der Waals surface area contributed by atoms with Crippen LogP contribution >= 0.6 is 0 Å². The van der Waals surface area contributed by atoms with Crippen LogP contribution in [0.5, 0.6) is 0 Å². The van der Waals surface area contributed by atoms with E-state index in [1.165, 1.54) is 31.9 Å². The second-order valence-corrected chi connectivity index (χ2v) is 12.2. The van der Waals surface area contributed by atoms with Gasteiger partial charge in [-0.05, 0) is 120 Å². The van der Waals surface area contributed by atoms with Crippen molar-refractivity contribution in [2.45, 2.75) is 78.5 Å². The Hall–Kier alpha value is -3.56. The first-order valence-electron chi connectivity index (χ1n) is 14.3. The van der Waals surface area contributed by atoms with Gasteiger partial charge in [-0.25, -0.2) is 9.59 Å². The molecule has 210 valence electrons. The molecule has 2 aliphatic rings. The van der Waals surface area contributed by atoms with E-state index in [0.717, 1.165) is 58.9 Å². The van der Waals surface area contributed by atoms with Gasteiger partial charge >= 0.3 is 12.1 Å². The summed E-state index contributed by atoms with van der Waals surface area (Å²) in [6.07, 6.45) is 6.41. The van der Waals surface area contributed by atoms with Crippen LogP contribution in [-0.4, -0.2) is 40.8 Å². The third-order valence-electron chi connectivity index (χ3n) is 8.24. The van der Waals surface area contributed by atoms with Crippen LogP contribution in [0.3, 0.4) is 0 Å². The van der Waals surface area contributed by atoms with Crippen LogP contribution < -0.4 is 0 Å². The topological polar surface area (TPSA) is 60.8 Å². The number of aromatic nitrogens is 1. The molecule has 2 fully saturated rings. The maximum atomic E-state index is 13.1. The molecule has 0 unspecified atom stereocenters. The molecular weight excluding hydrogens is 500 g/mol. The Morgan fingerprint density at radius 2 is 1.77 bits per heavy atom. The third-order valence-corrected chi connectivity index (χ3v) is 8.24. The Balaban J connectivity index is 1.53. The van der Waals surface area contributed by atoms with E-state index in [1.54, 1.807) is 4.57 Å². The summed E-state index contributed by atoms with van der Waals surface area (Å²) in [6, 6.07) is 12.3. The van der Waals surface area contributed by atoms with Crippen LogP contribution in [0.25, 0.3) is 10.9 Å². The molecule has 3 aromatic rings. The van der Waals surface area contributed by atoms with Gasteiger partial charge in [-0.1, -0.05) is 18.1 Å². The van der Waals surface area contributed by atoms with Gasteiger partial charge in [0.1, 0.15) is 5.60 Å². The monoisotopic (exact) mass is 540 g/mol. The number of likely N-dealkylation sites (tertiary alicyclic amines) is 1. The lowest BCUT2D eigenvalue weighted by atomic mass is 9.83. The summed E-state index contributed by atoms with van der Waals surface area (Å²) in [5.41, 5.74) is 5.21. The largest absolute Gasteiger partial charge is 0.465 e. The van der Waals surface area contributed by atoms with E-state index in [1.807, 2.05) is 59.0 Å². The predicted molar refractivity (Wildman–Crippen MR) is 157 cm³/mol. The molecule has 0 radical (unpaired) electrons. The lowest BCUT2D eigenvalue weighted by Crippen LogP contribution is -2.37. The minimum Gasteiger partial charge on any atom is -0.465 e. The second kappa shape index (κ2) is 11.1. The van der Waals surface area contributed by atoms with Gasteiger partial charge in [0.2, 0.25) is 0 Å². The molecule has 0 spiro atoms. The minimum absolute atomic E-state index is 0.234. The van der Waals surface area contributed by atoms with E-state index in [0.29, 0.717) is 5.56 Å². The number of nitrogens with zero attached hydrogens (tertiary/aromatic N) is 2. The van der Waals surface area contributed by atoms with Crippen molar-refractivity contribution in [3.05, 3.63) is 70.4 Å². The van der Waals surface area contributed by atoms with Crippen molar-refractivity contribution in [2.75, 3.05) is 13.7 Å². The standard InChI is InChI=1S/C34H40N2O4/c1-7-8-27-19-22(2)31-28(16-18-36(31)33(38)40-34(3,4)5)29(27)21-35-17-15-26(23-9-10-23)20-30(35)24-11-13-25(14-12-24)32(37)39-6/h11-14,16,18-19,23,26,30H,9-10,15,17,20-21H2,1-6H3/t26-,30+/m1/s1. The van der Waals surface area contributed by atoms with Crippen molar-refractivity contribution in [2.24, 2.45) is 11.8 Å². The summed E-state index contributed by atoms with van der Waals surface area (Å²) < 4.78 is 12.3. The fraction of sp³-hybridized carbons (Fsp3) is 0.471. The van der Waals surface area contributed by atoms with Crippen LogP contribution in [0.4, 0.5) is 4.79 Å². The summed E-state index contributed by atoms with van der Waals surface area (Å²) in [5.74, 6) is 7.69. The van der Waals surface area contributed by atoms with E-state index in [2.05, 4.69) is 34.9 Å². The highest BCUT2D eigenvalue weighted by molar-refractivity contribution is 5.95. The molecule has 40 heavy (non-hydrogen) atoms. The zero-order valence-electron chi connectivity index (χ0n) is 24.5. The average Bonchev–Trinajstić information content (AvgIpc) is 3.67. The summed E-state index contributed by atoms with van der Waals surface area (Å²) in [4.78, 5) is 27.7. The van der Waals surface area contributed by atoms with E-state index in [4.69, 9.17) is 9.47 Å². The van der Waals surface area contributed by atoms with Gasteiger partial charge in [0, 0.05) is 29.7 Å². The van der Waals surface area contributed by atoms with Crippen molar-refractivity contribution >= 4 is 23.0 Å². The van der Waals surface area contributed by atoms with Crippen molar-refractivity contribution in [3.63, 3.8) is 0 Å². The number of rotatable bonds is 5. The van der Waals surface area contributed by atoms with E-state index in [-0.39, 0.29) is 18.1 Å². The minimum atomic E-state index is -0.583. The zero-order valence-corrected chi connectivity index (χ0v) is 24.5. The van der Waals surface area contributed by atoms with E-state index >= 15 is 0 Å². The first-order chi connectivity index (χ1) is 19.1. The first kappa shape index (κ1) is 28.0. The number of aryl methyl sites for hydroxylation is 1. The zero-order chi connectivity index (χ0) is 28.6. The summed E-state index contributed by atoms with van der Waals surface area (Å²) in [7, 11) is 1.41. The molecule has 6 nitrogen and oxygen atoms in total. The summed E-state index contributed by atoms with van der Waals surface area (Å²) >= 11 is 0. The smallest absolute Gasteiger partial charge is 0.419 e. The molecule has 1 aliphatic carbocycles. The van der Waals surface area contributed by atoms with Crippen molar-refractivity contribution in [1.29, 1.82) is 0 Å². The Morgan fingerprint density at radius 1 is 1.05 bits per heavy atom. The van der Waals surface area contributed by atoms with Crippen LogP contribution in [0, 0.1) is 30.6 Å². The number of piperidine rings is 1. The number of carbonyl (C=O) groups excluding carboxylic acids is 2. The summed E-state index contributed by atoms with van der Waals surface area (Å²) in [6.45, 7) is 11.3. The van der Waals surface area contributed by atoms with Crippen LogP contribution in [0.15, 0.2) is 42.6 Å². The normalized spacial score (nSPS) is 19.6. The molecule has 2 aromatic carbocycles. The van der Waals surface area contributed by atoms with Gasteiger partial charge in [0.15, 0.2) is 0 Å². The third kappa shape index (κ3) is 5.81. The number of ether oxygens (including phenoxy) is 2. The average molecular weight is 541 g/mol. The van der Waals surface area contributed by atoms with Crippen molar-refractivity contribution in [3.8, 4) is 11.8 Å². The maximum Gasteiger partial charge on any atom is 0.419 e. The Kier molecular flexibility index (Phi) is 7.79. The number of fused-ring (bicyclic) bond motifs is 1. The molecule has 5 rings (SSSR count). The molecule has 1 saturated heterocycles. The number of benzene rings is 2. The molecule has 6 heteroatoms. The lowest BCUT2D eigenvalue weighted by Gasteiger charge is -2.40. The molecule has 2 atom stereocenters. The van der Waals surface area contributed by atoms with Gasteiger partial charge in [0.05, 0.1) is 18.2 Å². The molecule has 2 heterocycles. The number of esters is 1. The van der Waals surface area contributed by atoms with E-state index in [9.17, 15) is 9.59 Å². The van der Waals surface area contributed by atoms with Crippen LogP contribution in [0.1, 0.15) is 92.0 Å². The highest BCUT2D eigenvalue weighted by atomic mass is 16.6. The molecule has 0 N–H and O–H groups in total. The molecule has 1 aromatic heterocycles. The number of methoxy groups -OCH3 is 1. The van der Waals surface area contributed by atoms with Gasteiger partial charge < -0.3 is 9.47 Å². The van der Waals surface area contributed by atoms with Gasteiger partial charge in [-0.2, -0.15) is 0 Å². The highest BCUT2D eigenvalue weighted by Crippen LogP contribution is 2.47. The van der Waals surface area contributed by atoms with Gasteiger partial charge in [0.25, 0.3) is 0 Å². The number of hydrogen-bond acceptors (Lipinski definition) is 5. The van der Waals surface area contributed by atoms with E-state index < -0.39 is 5.60 Å². The molecule has 0 bridgehead atoms. The molecule has 0 amide bonds. The van der Waals surface area contributed by atoms with Crippen LogP contribution in [0.2, 0.25) is 0 Å². The lowest BCUT2D eigenvalue weighted by molar-refractivity contribution is 0.0542. The Morgan fingerprint density at radius 3 is 2.40 bits per heavy atom. The molecule has 1 aliphatic heterocycles. The predicted octanol–water partition coefficient (Wildman–Crippen LogP) is 7.25. The van der Waals surface area contributed by atoms with Gasteiger partial charge in [-0.3, -0.25) is 9.47 Å². The quantitative estimate of drug-likeness (QED) is 0.252. The Bertz CT molecular complexity index is 1480. The fourth-order valence-corrected chi connectivity index (χ4v) is 6.21. The van der Waals surface area contributed by atoms with Crippen molar-refractivity contribution in [1.82, 2.24) is 9.47 Å².